The lowest BCUT2D eigenvalue weighted by Gasteiger charge is -2.48. The van der Waals surface area contributed by atoms with Gasteiger partial charge in [-0.1, -0.05) is 91.0 Å². The van der Waals surface area contributed by atoms with E-state index in [0.717, 1.165) is 16.7 Å². The maximum Gasteiger partial charge on any atom is 0.179 e. The Bertz CT molecular complexity index is 1580. The minimum Gasteiger partial charge on any atom is -0.497 e. The van der Waals surface area contributed by atoms with Crippen LogP contribution in [0.5, 0.6) is 5.75 Å². The van der Waals surface area contributed by atoms with Gasteiger partial charge >= 0.3 is 0 Å². The van der Waals surface area contributed by atoms with Crippen molar-refractivity contribution in [3.05, 3.63) is 131 Å². The maximum absolute atomic E-state index is 13.6. The molecule has 0 bridgehead atoms. The van der Waals surface area contributed by atoms with E-state index in [2.05, 4.69) is 0 Å². The van der Waals surface area contributed by atoms with Gasteiger partial charge in [0.05, 0.1) is 56.4 Å². The molecule has 224 valence electrons. The van der Waals surface area contributed by atoms with Gasteiger partial charge in [0.25, 0.3) is 0 Å². The molecule has 0 amide bonds. The fourth-order valence-electron chi connectivity index (χ4n) is 5.94. The van der Waals surface area contributed by atoms with Gasteiger partial charge in [0.1, 0.15) is 18.0 Å². The molecule has 2 aliphatic rings. The third-order valence-corrected chi connectivity index (χ3v) is 9.92. The van der Waals surface area contributed by atoms with Crippen LogP contribution >= 0.6 is 0 Å². The predicted molar refractivity (Wildman–Crippen MR) is 162 cm³/mol. The summed E-state index contributed by atoms with van der Waals surface area (Å²) < 4.78 is 58.9. The van der Waals surface area contributed by atoms with Gasteiger partial charge in [-0.05, 0) is 34.9 Å². The Morgan fingerprint density at radius 3 is 1.86 bits per heavy atom. The summed E-state index contributed by atoms with van der Waals surface area (Å²) in [5, 5.41) is 0. The van der Waals surface area contributed by atoms with E-state index in [1.807, 2.05) is 91.0 Å². The number of rotatable bonds is 11. The van der Waals surface area contributed by atoms with E-state index in [0.29, 0.717) is 31.1 Å². The first-order chi connectivity index (χ1) is 21.0. The van der Waals surface area contributed by atoms with Crippen LogP contribution < -0.4 is 4.74 Å². The molecule has 43 heavy (non-hydrogen) atoms. The highest BCUT2D eigenvalue weighted by atomic mass is 32.2. The van der Waals surface area contributed by atoms with Gasteiger partial charge in [-0.25, -0.2) is 8.42 Å². The van der Waals surface area contributed by atoms with E-state index in [-0.39, 0.29) is 17.3 Å². The van der Waals surface area contributed by atoms with Crippen molar-refractivity contribution in [3.63, 3.8) is 0 Å². The Kier molecular flexibility index (Phi) is 9.21. The highest BCUT2D eigenvalue weighted by Gasteiger charge is 2.53. The van der Waals surface area contributed by atoms with E-state index in [9.17, 15) is 8.42 Å². The quantitative estimate of drug-likeness (QED) is 0.211. The number of sulfone groups is 1. The molecule has 6 rings (SSSR count). The number of hydrogen-bond acceptors (Lipinski definition) is 7. The molecule has 8 heteroatoms. The molecule has 0 spiro atoms. The lowest BCUT2D eigenvalue weighted by molar-refractivity contribution is -0.245. The SMILES string of the molecule is COc1ccc2c(c1)[C@@H]1O[C@H](COCc3ccccc3)[C@@H](OCc3ccccc3)[C@H](OCc3ccccc3)[C@H]1CS2(=O)=O. The Morgan fingerprint density at radius 2 is 1.28 bits per heavy atom. The minimum atomic E-state index is -3.62. The van der Waals surface area contributed by atoms with Gasteiger partial charge in [0, 0.05) is 11.5 Å². The van der Waals surface area contributed by atoms with Gasteiger partial charge in [0.15, 0.2) is 9.84 Å². The largest absolute Gasteiger partial charge is 0.497 e. The van der Waals surface area contributed by atoms with E-state index in [1.165, 1.54) is 0 Å². The van der Waals surface area contributed by atoms with Gasteiger partial charge in [-0.15, -0.1) is 0 Å². The Balaban J connectivity index is 1.35. The van der Waals surface area contributed by atoms with Crippen molar-refractivity contribution in [2.45, 2.75) is 49.1 Å². The second kappa shape index (κ2) is 13.4. The third kappa shape index (κ3) is 6.84. The zero-order valence-electron chi connectivity index (χ0n) is 24.1. The highest BCUT2D eigenvalue weighted by Crippen LogP contribution is 2.47. The molecule has 0 aliphatic carbocycles. The van der Waals surface area contributed by atoms with Crippen molar-refractivity contribution in [1.29, 1.82) is 0 Å². The van der Waals surface area contributed by atoms with Crippen molar-refractivity contribution < 1.29 is 32.1 Å². The molecule has 1 fully saturated rings. The second-order valence-electron chi connectivity index (χ2n) is 11.0. The van der Waals surface area contributed by atoms with E-state index >= 15 is 0 Å². The van der Waals surface area contributed by atoms with E-state index in [1.54, 1.807) is 25.3 Å². The third-order valence-electron chi connectivity index (χ3n) is 8.06. The van der Waals surface area contributed by atoms with E-state index < -0.39 is 40.2 Å². The molecule has 0 radical (unpaired) electrons. The average molecular weight is 601 g/mol. The Labute approximate surface area is 253 Å². The Hall–Kier alpha value is -3.53. The zero-order chi connectivity index (χ0) is 29.6. The molecule has 4 aromatic carbocycles. The molecular weight excluding hydrogens is 564 g/mol. The Morgan fingerprint density at radius 1 is 0.721 bits per heavy atom. The van der Waals surface area contributed by atoms with Crippen molar-refractivity contribution in [2.24, 2.45) is 5.92 Å². The summed E-state index contributed by atoms with van der Waals surface area (Å²) in [6.45, 7) is 1.29. The molecule has 1 saturated heterocycles. The lowest BCUT2D eigenvalue weighted by atomic mass is 9.83. The molecule has 7 nitrogen and oxygen atoms in total. The first kappa shape index (κ1) is 29.5. The van der Waals surface area contributed by atoms with Crippen LogP contribution in [0.3, 0.4) is 0 Å². The first-order valence-corrected chi connectivity index (χ1v) is 16.2. The molecule has 5 atom stereocenters. The highest BCUT2D eigenvalue weighted by molar-refractivity contribution is 7.91. The van der Waals surface area contributed by atoms with Gasteiger partial charge in [-0.3, -0.25) is 0 Å². The molecular formula is C35H36O7S. The molecule has 4 aromatic rings. The zero-order valence-corrected chi connectivity index (χ0v) is 24.9. The number of methoxy groups -OCH3 is 1. The van der Waals surface area contributed by atoms with Crippen LogP contribution in [0.2, 0.25) is 0 Å². The predicted octanol–water partition coefficient (Wildman–Crippen LogP) is 5.93. The topological polar surface area (TPSA) is 80.3 Å². The summed E-state index contributed by atoms with van der Waals surface area (Å²) in [5.41, 5.74) is 3.62. The van der Waals surface area contributed by atoms with Crippen LogP contribution in [0.4, 0.5) is 0 Å². The minimum absolute atomic E-state index is 0.112. The molecule has 0 aromatic heterocycles. The first-order valence-electron chi connectivity index (χ1n) is 14.5. The van der Waals surface area contributed by atoms with Crippen LogP contribution in [0.15, 0.2) is 114 Å². The fourth-order valence-corrected chi connectivity index (χ4v) is 7.80. The summed E-state index contributed by atoms with van der Waals surface area (Å²) in [6, 6.07) is 34.8. The normalized spacial score (nSPS) is 24.1. The maximum atomic E-state index is 13.6. The monoisotopic (exact) mass is 600 g/mol. The summed E-state index contributed by atoms with van der Waals surface area (Å²) in [6.07, 6.45) is -2.23. The molecule has 2 aliphatic heterocycles. The van der Waals surface area contributed by atoms with Gasteiger partial charge < -0.3 is 23.7 Å². The van der Waals surface area contributed by atoms with Crippen LogP contribution in [-0.4, -0.2) is 46.2 Å². The fraction of sp³-hybridized carbons (Fsp3) is 0.314. The van der Waals surface area contributed by atoms with Crippen LogP contribution in [0.1, 0.15) is 28.4 Å². The molecule has 0 unspecified atom stereocenters. The van der Waals surface area contributed by atoms with Crippen molar-refractivity contribution >= 4 is 9.84 Å². The number of fused-ring (bicyclic) bond motifs is 3. The lowest BCUT2D eigenvalue weighted by Crippen LogP contribution is -2.57. The number of hydrogen-bond donors (Lipinski definition) is 0. The van der Waals surface area contributed by atoms with Crippen molar-refractivity contribution in [1.82, 2.24) is 0 Å². The standard InChI is InChI=1S/C35H36O7S/c1-38-28-17-18-32-29(19-28)33-30(24-43(32,36)37)34(40-21-26-13-7-3-8-14-26)35(41-22-27-15-9-4-10-16-27)31(42-33)23-39-20-25-11-5-2-6-12-25/h2-19,30-31,33-35H,20-24H2,1H3/t30-,31+,33-,34+,35+/m0/s1. The van der Waals surface area contributed by atoms with Gasteiger partial charge in [0.2, 0.25) is 0 Å². The second-order valence-corrected chi connectivity index (χ2v) is 13.0. The van der Waals surface area contributed by atoms with Gasteiger partial charge in [-0.2, -0.15) is 0 Å². The van der Waals surface area contributed by atoms with Crippen LogP contribution in [0, 0.1) is 5.92 Å². The summed E-state index contributed by atoms with van der Waals surface area (Å²) in [4.78, 5) is 0.268. The van der Waals surface area contributed by atoms with Crippen LogP contribution in [0.25, 0.3) is 0 Å². The molecule has 2 heterocycles. The molecule has 0 N–H and O–H groups in total. The van der Waals surface area contributed by atoms with Crippen molar-refractivity contribution in [3.8, 4) is 5.75 Å². The van der Waals surface area contributed by atoms with Crippen molar-refractivity contribution in [2.75, 3.05) is 19.5 Å². The summed E-state index contributed by atoms with van der Waals surface area (Å²) in [5.74, 6) is -0.0436. The smallest absolute Gasteiger partial charge is 0.179 e. The number of benzene rings is 4. The molecule has 0 saturated carbocycles. The summed E-state index contributed by atoms with van der Waals surface area (Å²) in [7, 11) is -2.05. The van der Waals surface area contributed by atoms with Crippen LogP contribution in [-0.2, 0) is 48.6 Å². The van der Waals surface area contributed by atoms with E-state index in [4.69, 9.17) is 23.7 Å². The number of ether oxygens (including phenoxy) is 5. The average Bonchev–Trinajstić information content (AvgIpc) is 3.04. The summed E-state index contributed by atoms with van der Waals surface area (Å²) >= 11 is 0.